The van der Waals surface area contributed by atoms with Crippen molar-refractivity contribution >= 4 is 114 Å². The fourth-order valence-electron chi connectivity index (χ4n) is 6.91. The largest absolute Gasteiger partial charge is 0.383 e. The van der Waals surface area contributed by atoms with Crippen LogP contribution < -0.4 is 22.3 Å². The van der Waals surface area contributed by atoms with Crippen LogP contribution in [0.3, 0.4) is 0 Å². The summed E-state index contributed by atoms with van der Waals surface area (Å²) in [5.41, 5.74) is 18.4. The molecule has 0 bridgehead atoms. The van der Waals surface area contributed by atoms with E-state index in [4.69, 9.17) is 74.5 Å². The Morgan fingerprint density at radius 2 is 1.10 bits per heavy atom. The topological polar surface area (TPSA) is 184 Å². The van der Waals surface area contributed by atoms with Gasteiger partial charge in [0.2, 0.25) is 0 Å². The number of fused-ring (bicyclic) bond motifs is 4. The van der Waals surface area contributed by atoms with Gasteiger partial charge in [0, 0.05) is 62.4 Å². The zero-order valence-corrected chi connectivity index (χ0v) is 36.4. The molecule has 0 saturated heterocycles. The van der Waals surface area contributed by atoms with Crippen LogP contribution in [-0.2, 0) is 12.4 Å². The van der Waals surface area contributed by atoms with Gasteiger partial charge in [0.15, 0.2) is 10.9 Å². The molecule has 0 amide bonds. The van der Waals surface area contributed by atoms with Gasteiger partial charge in [-0.15, -0.1) is 11.6 Å². The predicted octanol–water partition coefficient (Wildman–Crippen LogP) is 10.8. The summed E-state index contributed by atoms with van der Waals surface area (Å²) in [5.74, 6) is 0.733. The van der Waals surface area contributed by atoms with E-state index < -0.39 is 0 Å². The monoisotopic (exact) mass is 930 g/mol. The SMILES string of the molecule is ClCc1cc2cccc(Cl)c2nc1-c1ccccc1Cl.Nc1ncnc2[nH]ccc(=O)c12.Nc1ncnc2c1c(=O)ccn2Cc1cc2cccc(Cl)c2nc1-c1ccccc1Cl. The number of nitrogens with one attached hydrogen (secondary N) is 1. The second-order valence-corrected chi connectivity index (χ2v) is 15.7. The highest BCUT2D eigenvalue weighted by molar-refractivity contribution is 6.36. The molecule has 10 aromatic rings. The van der Waals surface area contributed by atoms with Gasteiger partial charge in [0.05, 0.1) is 39.0 Å². The zero-order chi connectivity index (χ0) is 44.2. The summed E-state index contributed by atoms with van der Waals surface area (Å²) >= 11 is 31.5. The molecule has 0 radical (unpaired) electrons. The van der Waals surface area contributed by atoms with Gasteiger partial charge in [-0.1, -0.05) is 107 Å². The summed E-state index contributed by atoms with van der Waals surface area (Å²) in [6.45, 7) is 0.392. The first-order valence-corrected chi connectivity index (χ1v) is 21.0. The Balaban J connectivity index is 0.000000145. The van der Waals surface area contributed by atoms with Gasteiger partial charge in [-0.25, -0.2) is 29.9 Å². The summed E-state index contributed by atoms with van der Waals surface area (Å²) in [5, 5.41) is 4.93. The van der Waals surface area contributed by atoms with Crippen LogP contribution in [0, 0.1) is 0 Å². The van der Waals surface area contributed by atoms with Crippen LogP contribution in [-0.4, -0.2) is 39.5 Å². The smallest absolute Gasteiger partial charge is 0.194 e. The van der Waals surface area contributed by atoms with E-state index in [1.165, 1.54) is 31.0 Å². The number of hydrogen-bond acceptors (Lipinski definition) is 10. The Labute approximate surface area is 383 Å². The molecule has 0 spiro atoms. The van der Waals surface area contributed by atoms with Gasteiger partial charge in [-0.05, 0) is 47.5 Å². The quantitative estimate of drug-likeness (QED) is 0.140. The predicted molar refractivity (Wildman–Crippen MR) is 256 cm³/mol. The molecule has 5 N–H and O–H groups in total. The maximum Gasteiger partial charge on any atom is 0.194 e. The number of halogens is 5. The van der Waals surface area contributed by atoms with E-state index >= 15 is 0 Å². The molecule has 0 fully saturated rings. The lowest BCUT2D eigenvalue weighted by Crippen LogP contribution is -2.13. The molecule has 312 valence electrons. The summed E-state index contributed by atoms with van der Waals surface area (Å²) in [4.78, 5) is 51.7. The molecule has 0 aliphatic rings. The molecular weight excluding hydrogens is 902 g/mol. The van der Waals surface area contributed by atoms with Crippen molar-refractivity contribution in [3.05, 3.63) is 186 Å². The number of nitrogens with zero attached hydrogens (tertiary/aromatic N) is 7. The first-order valence-electron chi connectivity index (χ1n) is 18.9. The van der Waals surface area contributed by atoms with Crippen LogP contribution in [0.1, 0.15) is 11.1 Å². The number of aromatic nitrogens is 8. The minimum absolute atomic E-state index is 0.152. The molecule has 0 atom stereocenters. The average molecular weight is 933 g/mol. The van der Waals surface area contributed by atoms with Crippen molar-refractivity contribution in [3.63, 3.8) is 0 Å². The minimum Gasteiger partial charge on any atom is -0.383 e. The third kappa shape index (κ3) is 8.99. The Morgan fingerprint density at radius 1 is 0.571 bits per heavy atom. The lowest BCUT2D eigenvalue weighted by molar-refractivity contribution is 0.810. The third-order valence-electron chi connectivity index (χ3n) is 9.85. The molecule has 12 nitrogen and oxygen atoms in total. The van der Waals surface area contributed by atoms with Crippen LogP contribution in [0.25, 0.3) is 66.4 Å². The number of H-pyrrole nitrogens is 1. The van der Waals surface area contributed by atoms with Gasteiger partial charge >= 0.3 is 0 Å². The molecule has 6 aromatic heterocycles. The molecule has 0 aliphatic carbocycles. The minimum atomic E-state index is -0.223. The molecule has 0 unspecified atom stereocenters. The number of hydrogen-bond donors (Lipinski definition) is 3. The Bertz CT molecular complexity index is 3470. The second-order valence-electron chi connectivity index (χ2n) is 13.8. The van der Waals surface area contributed by atoms with Gasteiger partial charge in [0.1, 0.15) is 46.4 Å². The zero-order valence-electron chi connectivity index (χ0n) is 32.6. The highest BCUT2D eigenvalue weighted by atomic mass is 35.5. The number of benzene rings is 4. The van der Waals surface area contributed by atoms with Crippen LogP contribution in [0.2, 0.25) is 20.1 Å². The number of pyridine rings is 4. The van der Waals surface area contributed by atoms with Crippen molar-refractivity contribution in [1.29, 1.82) is 0 Å². The molecule has 10 rings (SSSR count). The highest BCUT2D eigenvalue weighted by Gasteiger charge is 2.17. The van der Waals surface area contributed by atoms with E-state index in [0.717, 1.165) is 44.2 Å². The van der Waals surface area contributed by atoms with Crippen molar-refractivity contribution < 1.29 is 0 Å². The summed E-state index contributed by atoms with van der Waals surface area (Å²) < 4.78 is 1.85. The Hall–Kier alpha value is -6.67. The highest BCUT2D eigenvalue weighted by Crippen LogP contribution is 2.35. The first kappa shape index (κ1) is 43.0. The normalized spacial score (nSPS) is 11.0. The average Bonchev–Trinajstić information content (AvgIpc) is 3.28. The van der Waals surface area contributed by atoms with E-state index in [0.29, 0.717) is 65.8 Å². The third-order valence-corrected chi connectivity index (χ3v) is 11.4. The summed E-state index contributed by atoms with van der Waals surface area (Å²) in [6.07, 6.45) is 5.88. The fraction of sp³-hybridized carbons (Fsp3) is 0.0435. The number of anilines is 2. The van der Waals surface area contributed by atoms with E-state index in [1.54, 1.807) is 6.20 Å². The molecule has 0 aliphatic heterocycles. The Morgan fingerprint density at radius 3 is 1.68 bits per heavy atom. The molecular formula is C46H31Cl5N10O2. The maximum atomic E-state index is 12.3. The molecule has 4 aromatic carbocycles. The molecule has 17 heteroatoms. The number of rotatable bonds is 5. The maximum absolute atomic E-state index is 12.3. The van der Waals surface area contributed by atoms with Crippen molar-refractivity contribution in [1.82, 2.24) is 39.5 Å². The van der Waals surface area contributed by atoms with Crippen molar-refractivity contribution in [3.8, 4) is 22.5 Å². The first-order chi connectivity index (χ1) is 30.5. The van der Waals surface area contributed by atoms with Crippen LogP contribution >= 0.6 is 58.0 Å². The number of alkyl halides is 1. The van der Waals surface area contributed by atoms with E-state index in [9.17, 15) is 9.59 Å². The van der Waals surface area contributed by atoms with Crippen molar-refractivity contribution in [2.75, 3.05) is 11.5 Å². The fourth-order valence-corrected chi connectivity index (χ4v) is 8.01. The molecule has 0 saturated carbocycles. The number of para-hydroxylation sites is 2. The van der Waals surface area contributed by atoms with Crippen LogP contribution in [0.5, 0.6) is 0 Å². The molecule has 6 heterocycles. The Kier molecular flexibility index (Phi) is 12.8. The van der Waals surface area contributed by atoms with Gasteiger partial charge in [-0.2, -0.15) is 0 Å². The van der Waals surface area contributed by atoms with E-state index in [2.05, 4.69) is 29.9 Å². The number of aromatic amines is 1. The van der Waals surface area contributed by atoms with Gasteiger partial charge in [0.25, 0.3) is 0 Å². The summed E-state index contributed by atoms with van der Waals surface area (Å²) in [6, 6.07) is 33.4. The van der Waals surface area contributed by atoms with Gasteiger partial charge in [-0.3, -0.25) is 9.59 Å². The number of nitrogens with two attached hydrogens (primary N) is 2. The standard InChI is InChI=1S/C23H15Cl2N5O.C16H10Cl3N.C7H6N4O/c24-16-6-2-1-5-15(16)20-14(10-13-4-3-7-17(25)21(13)29-20)11-30-9-8-18(31)19-22(26)27-12-28-23(19)30;17-9-11-8-10-4-3-7-14(19)16(10)20-15(11)12-5-1-2-6-13(12)18;8-6-5-4(12)1-2-9-7(5)11-3-10-6/h1-10,12H,11H2,(H2,26,27,28);1-8H,9H2;1-3H,(H3,8,9,10,11,12). The lowest BCUT2D eigenvalue weighted by atomic mass is 10.0. The summed E-state index contributed by atoms with van der Waals surface area (Å²) in [7, 11) is 0. The van der Waals surface area contributed by atoms with Gasteiger partial charge < -0.3 is 21.0 Å². The van der Waals surface area contributed by atoms with Crippen molar-refractivity contribution in [2.24, 2.45) is 0 Å². The van der Waals surface area contributed by atoms with Crippen molar-refractivity contribution in [2.45, 2.75) is 12.4 Å². The van der Waals surface area contributed by atoms with E-state index in [-0.39, 0.29) is 22.5 Å². The second kappa shape index (κ2) is 18.7. The van der Waals surface area contributed by atoms with Crippen LogP contribution in [0.15, 0.2) is 144 Å². The van der Waals surface area contributed by atoms with E-state index in [1.807, 2.05) is 102 Å². The lowest BCUT2D eigenvalue weighted by Gasteiger charge is -2.16. The van der Waals surface area contributed by atoms with Crippen LogP contribution in [0.4, 0.5) is 11.6 Å². The molecule has 63 heavy (non-hydrogen) atoms. The number of nitrogen functional groups attached to an aromatic ring is 2.